The molecular formula is C20H26N2O3. The molecule has 0 aliphatic carbocycles. The van der Waals surface area contributed by atoms with E-state index in [1.54, 1.807) is 6.26 Å². The largest absolute Gasteiger partial charge is 0.467 e. The highest BCUT2D eigenvalue weighted by molar-refractivity contribution is 5.95. The number of hydrogen-bond acceptors (Lipinski definition) is 4. The molecule has 1 fully saturated rings. The van der Waals surface area contributed by atoms with Crippen molar-refractivity contribution in [1.29, 1.82) is 0 Å². The number of hydrogen-bond donors (Lipinski definition) is 0. The van der Waals surface area contributed by atoms with Crippen LogP contribution >= 0.6 is 0 Å². The summed E-state index contributed by atoms with van der Waals surface area (Å²) in [6.07, 6.45) is 1.67. The summed E-state index contributed by atoms with van der Waals surface area (Å²) in [6.45, 7) is 10.5. The van der Waals surface area contributed by atoms with Crippen LogP contribution in [0.3, 0.4) is 0 Å². The van der Waals surface area contributed by atoms with Crippen molar-refractivity contribution in [2.24, 2.45) is 0 Å². The predicted molar refractivity (Wildman–Crippen MR) is 98.1 cm³/mol. The molecule has 1 aliphatic heterocycles. The second-order valence-corrected chi connectivity index (χ2v) is 6.45. The molecule has 0 bridgehead atoms. The van der Waals surface area contributed by atoms with E-state index in [1.807, 2.05) is 36.9 Å². The van der Waals surface area contributed by atoms with E-state index in [1.165, 1.54) is 5.69 Å². The molecule has 134 valence electrons. The number of rotatable bonds is 5. The first kappa shape index (κ1) is 17.5. The van der Waals surface area contributed by atoms with Gasteiger partial charge in [-0.15, -0.1) is 0 Å². The molecule has 0 N–H and O–H groups in total. The summed E-state index contributed by atoms with van der Waals surface area (Å²) in [6, 6.07) is 7.90. The van der Waals surface area contributed by atoms with Crippen LogP contribution in [0.2, 0.25) is 0 Å². The highest BCUT2D eigenvalue weighted by Crippen LogP contribution is 2.23. The van der Waals surface area contributed by atoms with Gasteiger partial charge in [-0.25, -0.2) is 0 Å². The molecule has 0 unspecified atom stereocenters. The lowest BCUT2D eigenvalue weighted by atomic mass is 10.1. The zero-order valence-corrected chi connectivity index (χ0v) is 15.2. The van der Waals surface area contributed by atoms with E-state index in [2.05, 4.69) is 17.9 Å². The maximum atomic E-state index is 12.9. The summed E-state index contributed by atoms with van der Waals surface area (Å²) >= 11 is 0. The van der Waals surface area contributed by atoms with E-state index < -0.39 is 0 Å². The number of carbonyl (C=O) groups excluding carboxylic acids is 1. The van der Waals surface area contributed by atoms with Gasteiger partial charge in [-0.3, -0.25) is 4.79 Å². The van der Waals surface area contributed by atoms with Crippen LogP contribution in [0.15, 0.2) is 34.9 Å². The normalized spacial score (nSPS) is 14.6. The van der Waals surface area contributed by atoms with Crippen LogP contribution in [0.25, 0.3) is 0 Å². The Morgan fingerprint density at radius 3 is 2.52 bits per heavy atom. The van der Waals surface area contributed by atoms with Crippen LogP contribution in [0.1, 0.15) is 34.2 Å². The van der Waals surface area contributed by atoms with E-state index >= 15 is 0 Å². The lowest BCUT2D eigenvalue weighted by Crippen LogP contribution is -2.36. The highest BCUT2D eigenvalue weighted by atomic mass is 16.5. The number of anilines is 1. The second-order valence-electron chi connectivity index (χ2n) is 6.45. The molecule has 0 spiro atoms. The Balaban J connectivity index is 1.76. The molecule has 2 heterocycles. The summed E-state index contributed by atoms with van der Waals surface area (Å²) < 4.78 is 10.9. The lowest BCUT2D eigenvalue weighted by Gasteiger charge is -2.30. The van der Waals surface area contributed by atoms with Crippen LogP contribution in [0.4, 0.5) is 5.69 Å². The molecule has 0 radical (unpaired) electrons. The van der Waals surface area contributed by atoms with Gasteiger partial charge in [-0.05, 0) is 56.2 Å². The average molecular weight is 342 g/mol. The fourth-order valence-corrected chi connectivity index (χ4v) is 3.20. The number of ether oxygens (including phenoxy) is 1. The molecule has 5 nitrogen and oxygen atoms in total. The summed E-state index contributed by atoms with van der Waals surface area (Å²) in [7, 11) is 0. The number of furan rings is 1. The number of nitrogens with zero attached hydrogens (tertiary/aromatic N) is 2. The molecule has 1 aliphatic rings. The maximum absolute atomic E-state index is 12.9. The topological polar surface area (TPSA) is 45.9 Å². The Bertz CT molecular complexity index is 732. The molecular weight excluding hydrogens is 316 g/mol. The van der Waals surface area contributed by atoms with Crippen molar-refractivity contribution < 1.29 is 13.9 Å². The van der Waals surface area contributed by atoms with Crippen molar-refractivity contribution in [2.45, 2.75) is 27.3 Å². The Hall–Kier alpha value is -2.27. The van der Waals surface area contributed by atoms with Crippen LogP contribution in [-0.4, -0.2) is 43.7 Å². The van der Waals surface area contributed by atoms with Crippen molar-refractivity contribution in [1.82, 2.24) is 4.90 Å². The Morgan fingerprint density at radius 2 is 1.92 bits per heavy atom. The second kappa shape index (κ2) is 7.74. The molecule has 2 aromatic rings. The van der Waals surface area contributed by atoms with Gasteiger partial charge >= 0.3 is 0 Å². The number of benzene rings is 1. The lowest BCUT2D eigenvalue weighted by molar-refractivity contribution is 0.0741. The summed E-state index contributed by atoms with van der Waals surface area (Å²) in [5, 5.41) is 0. The zero-order chi connectivity index (χ0) is 17.8. The van der Waals surface area contributed by atoms with Gasteiger partial charge in [-0.1, -0.05) is 0 Å². The van der Waals surface area contributed by atoms with Gasteiger partial charge in [0.15, 0.2) is 0 Å². The first-order valence-corrected chi connectivity index (χ1v) is 8.85. The molecule has 3 rings (SSSR count). The van der Waals surface area contributed by atoms with Crippen molar-refractivity contribution in [2.75, 3.05) is 37.7 Å². The maximum Gasteiger partial charge on any atom is 0.254 e. The van der Waals surface area contributed by atoms with E-state index in [-0.39, 0.29) is 5.91 Å². The van der Waals surface area contributed by atoms with Crippen LogP contribution < -0.4 is 4.90 Å². The molecule has 1 aromatic carbocycles. The van der Waals surface area contributed by atoms with Gasteiger partial charge in [-0.2, -0.15) is 0 Å². The fourth-order valence-electron chi connectivity index (χ4n) is 3.20. The number of carbonyl (C=O) groups is 1. The SMILES string of the molecule is CCN(Cc1occc1C)C(=O)c1ccc(N2CCOCC2)c(C)c1. The van der Waals surface area contributed by atoms with E-state index in [0.29, 0.717) is 13.1 Å². The summed E-state index contributed by atoms with van der Waals surface area (Å²) in [4.78, 5) is 17.0. The van der Waals surface area contributed by atoms with Crippen LogP contribution in [0, 0.1) is 13.8 Å². The number of morpholine rings is 1. The summed E-state index contributed by atoms with van der Waals surface area (Å²) in [5.74, 6) is 0.881. The standard InChI is InChI=1S/C20H26N2O3/c1-4-21(14-19-15(2)7-10-25-19)20(23)17-5-6-18(16(3)13-17)22-8-11-24-12-9-22/h5-7,10,13H,4,8-9,11-12,14H2,1-3H3. The van der Waals surface area contributed by atoms with Gasteiger partial charge < -0.3 is 19.0 Å². The van der Waals surface area contributed by atoms with Crippen LogP contribution in [-0.2, 0) is 11.3 Å². The molecule has 1 amide bonds. The predicted octanol–water partition coefficient (Wildman–Crippen LogP) is 3.40. The highest BCUT2D eigenvalue weighted by Gasteiger charge is 2.19. The molecule has 1 saturated heterocycles. The third-order valence-electron chi connectivity index (χ3n) is 4.77. The Morgan fingerprint density at radius 1 is 1.16 bits per heavy atom. The summed E-state index contributed by atoms with van der Waals surface area (Å²) in [5.41, 5.74) is 4.11. The van der Waals surface area contributed by atoms with Gasteiger partial charge in [0.2, 0.25) is 0 Å². The van der Waals surface area contributed by atoms with Crippen LogP contribution in [0.5, 0.6) is 0 Å². The average Bonchev–Trinajstić information content (AvgIpc) is 3.04. The number of aryl methyl sites for hydroxylation is 2. The molecule has 0 atom stereocenters. The number of amides is 1. The smallest absolute Gasteiger partial charge is 0.254 e. The monoisotopic (exact) mass is 342 g/mol. The molecule has 25 heavy (non-hydrogen) atoms. The van der Waals surface area contributed by atoms with Gasteiger partial charge in [0, 0.05) is 30.9 Å². The molecule has 5 heteroatoms. The van der Waals surface area contributed by atoms with E-state index in [9.17, 15) is 4.79 Å². The first-order valence-electron chi connectivity index (χ1n) is 8.85. The van der Waals surface area contributed by atoms with Crippen molar-refractivity contribution >= 4 is 11.6 Å². The minimum absolute atomic E-state index is 0.0370. The van der Waals surface area contributed by atoms with Crippen molar-refractivity contribution in [3.05, 3.63) is 53.0 Å². The first-order chi connectivity index (χ1) is 12.1. The van der Waals surface area contributed by atoms with Gasteiger partial charge in [0.1, 0.15) is 5.76 Å². The Labute approximate surface area is 149 Å². The molecule has 0 saturated carbocycles. The van der Waals surface area contributed by atoms with Gasteiger partial charge in [0.25, 0.3) is 5.91 Å². The minimum atomic E-state index is 0.0370. The fraction of sp³-hybridized carbons (Fsp3) is 0.450. The third kappa shape index (κ3) is 3.87. The quantitative estimate of drug-likeness (QED) is 0.835. The minimum Gasteiger partial charge on any atom is -0.467 e. The zero-order valence-electron chi connectivity index (χ0n) is 15.2. The van der Waals surface area contributed by atoms with E-state index in [4.69, 9.17) is 9.15 Å². The van der Waals surface area contributed by atoms with Gasteiger partial charge in [0.05, 0.1) is 26.0 Å². The Kier molecular flexibility index (Phi) is 5.43. The van der Waals surface area contributed by atoms with Crippen molar-refractivity contribution in [3.8, 4) is 0 Å². The molecule has 1 aromatic heterocycles. The third-order valence-corrected chi connectivity index (χ3v) is 4.77. The van der Waals surface area contributed by atoms with E-state index in [0.717, 1.165) is 48.8 Å². The van der Waals surface area contributed by atoms with Crippen molar-refractivity contribution in [3.63, 3.8) is 0 Å².